The van der Waals surface area contributed by atoms with Gasteiger partial charge >= 0.3 is 0 Å². The average Bonchev–Trinajstić information content (AvgIpc) is 3.17. The second kappa shape index (κ2) is 6.37. The Hall–Kier alpha value is -1.39. The highest BCUT2D eigenvalue weighted by Gasteiger charge is 2.20. The second-order valence-electron chi connectivity index (χ2n) is 5.41. The Bertz CT molecular complexity index is 534. The fourth-order valence-electron chi connectivity index (χ4n) is 2.20. The fraction of sp³-hybridized carbons (Fsp3) is 0.438. The van der Waals surface area contributed by atoms with Crippen LogP contribution < -0.4 is 10.2 Å². The van der Waals surface area contributed by atoms with Crippen molar-refractivity contribution in [3.8, 4) is 0 Å². The molecular formula is C16H21N3S. The summed E-state index contributed by atoms with van der Waals surface area (Å²) in [5.74, 6) is 0. The molecule has 0 aliphatic heterocycles. The molecule has 20 heavy (non-hydrogen) atoms. The van der Waals surface area contributed by atoms with Crippen molar-refractivity contribution < 1.29 is 0 Å². The number of pyridine rings is 1. The maximum atomic E-state index is 4.44. The molecule has 4 heteroatoms. The van der Waals surface area contributed by atoms with Gasteiger partial charge in [-0.1, -0.05) is 6.07 Å². The van der Waals surface area contributed by atoms with Gasteiger partial charge in [0.05, 0.1) is 5.69 Å². The van der Waals surface area contributed by atoms with Crippen molar-refractivity contribution >= 4 is 17.0 Å². The number of rotatable bonds is 7. The van der Waals surface area contributed by atoms with E-state index in [1.54, 1.807) is 0 Å². The molecule has 1 saturated carbocycles. The smallest absolute Gasteiger partial charge is 0.0562 e. The Morgan fingerprint density at radius 2 is 2.30 bits per heavy atom. The number of nitrogens with one attached hydrogen (secondary N) is 1. The Morgan fingerprint density at radius 3 is 3.05 bits per heavy atom. The summed E-state index contributed by atoms with van der Waals surface area (Å²) < 4.78 is 0. The van der Waals surface area contributed by atoms with Crippen LogP contribution in [0.2, 0.25) is 0 Å². The van der Waals surface area contributed by atoms with Gasteiger partial charge in [-0.25, -0.2) is 0 Å². The molecule has 0 saturated heterocycles. The van der Waals surface area contributed by atoms with E-state index in [4.69, 9.17) is 0 Å². The van der Waals surface area contributed by atoms with Crippen LogP contribution in [0, 0.1) is 0 Å². The van der Waals surface area contributed by atoms with Crippen molar-refractivity contribution in [2.75, 3.05) is 18.5 Å². The van der Waals surface area contributed by atoms with Crippen LogP contribution in [0.4, 0.5) is 5.69 Å². The fourth-order valence-corrected chi connectivity index (χ4v) is 2.90. The predicted molar refractivity (Wildman–Crippen MR) is 85.4 cm³/mol. The minimum atomic E-state index is 0.733. The van der Waals surface area contributed by atoms with Gasteiger partial charge in [-0.15, -0.1) is 11.3 Å². The zero-order chi connectivity index (χ0) is 13.8. The van der Waals surface area contributed by atoms with Crippen molar-refractivity contribution in [3.05, 3.63) is 46.4 Å². The highest BCUT2D eigenvalue weighted by Crippen LogP contribution is 2.20. The van der Waals surface area contributed by atoms with Crippen LogP contribution >= 0.6 is 11.3 Å². The molecule has 1 N–H and O–H groups in total. The molecule has 2 heterocycles. The van der Waals surface area contributed by atoms with E-state index >= 15 is 0 Å². The summed E-state index contributed by atoms with van der Waals surface area (Å²) in [5.41, 5.74) is 2.39. The van der Waals surface area contributed by atoms with E-state index in [-0.39, 0.29) is 0 Å². The zero-order valence-electron chi connectivity index (χ0n) is 11.9. The lowest BCUT2D eigenvalue weighted by Crippen LogP contribution is -2.21. The Balaban J connectivity index is 1.55. The lowest BCUT2D eigenvalue weighted by Gasteiger charge is -2.19. The van der Waals surface area contributed by atoms with Gasteiger partial charge in [-0.3, -0.25) is 4.98 Å². The summed E-state index contributed by atoms with van der Waals surface area (Å²) >= 11 is 1.83. The Kier molecular flexibility index (Phi) is 4.33. The van der Waals surface area contributed by atoms with Gasteiger partial charge < -0.3 is 10.2 Å². The van der Waals surface area contributed by atoms with Gasteiger partial charge in [-0.05, 0) is 42.8 Å². The third-order valence-electron chi connectivity index (χ3n) is 3.66. The first kappa shape index (κ1) is 13.6. The molecule has 3 nitrogen and oxygen atoms in total. The number of anilines is 1. The van der Waals surface area contributed by atoms with Crippen molar-refractivity contribution in [1.29, 1.82) is 0 Å². The second-order valence-corrected chi connectivity index (χ2v) is 6.44. The first-order chi connectivity index (χ1) is 9.81. The van der Waals surface area contributed by atoms with Crippen molar-refractivity contribution in [1.82, 2.24) is 10.3 Å². The number of thiophene rings is 1. The third kappa shape index (κ3) is 3.81. The first-order valence-electron chi connectivity index (χ1n) is 7.23. The van der Waals surface area contributed by atoms with E-state index < -0.39 is 0 Å². The van der Waals surface area contributed by atoms with E-state index in [0.717, 1.165) is 31.2 Å². The lowest BCUT2D eigenvalue weighted by molar-refractivity contribution is 0.674. The summed E-state index contributed by atoms with van der Waals surface area (Å²) in [6.45, 7) is 1.93. The van der Waals surface area contributed by atoms with Gasteiger partial charge in [-0.2, -0.15) is 0 Å². The molecule has 0 atom stereocenters. The summed E-state index contributed by atoms with van der Waals surface area (Å²) in [5, 5.41) is 5.66. The normalized spacial score (nSPS) is 14.4. The highest BCUT2D eigenvalue weighted by atomic mass is 32.1. The molecule has 1 fully saturated rings. The van der Waals surface area contributed by atoms with Crippen molar-refractivity contribution in [3.63, 3.8) is 0 Å². The van der Waals surface area contributed by atoms with E-state index in [1.807, 2.05) is 17.5 Å². The molecule has 0 amide bonds. The van der Waals surface area contributed by atoms with Crippen LogP contribution in [0.1, 0.15) is 23.4 Å². The van der Waals surface area contributed by atoms with E-state index in [9.17, 15) is 0 Å². The average molecular weight is 287 g/mol. The van der Waals surface area contributed by atoms with Crippen LogP contribution in [0.25, 0.3) is 0 Å². The molecule has 0 bridgehead atoms. The standard InChI is InChI=1S/C16H21N3S/c1-19(9-7-16-3-2-10-20-16)15-6-8-17-14(11-15)12-18-13-4-5-13/h2-3,6,8,10-11,13,18H,4-5,7,9,12H2,1H3. The maximum absolute atomic E-state index is 4.44. The summed E-state index contributed by atoms with van der Waals surface area (Å²) in [6, 6.07) is 9.35. The SMILES string of the molecule is CN(CCc1cccs1)c1ccnc(CNC2CC2)c1. The molecule has 1 aliphatic rings. The summed E-state index contributed by atoms with van der Waals surface area (Å²) in [7, 11) is 2.15. The Morgan fingerprint density at radius 1 is 1.40 bits per heavy atom. The molecule has 2 aromatic heterocycles. The molecule has 0 aromatic carbocycles. The van der Waals surface area contributed by atoms with Gasteiger partial charge in [0.1, 0.15) is 0 Å². The van der Waals surface area contributed by atoms with Crippen LogP contribution in [0.5, 0.6) is 0 Å². The molecule has 0 spiro atoms. The molecular weight excluding hydrogens is 266 g/mol. The van der Waals surface area contributed by atoms with E-state index in [2.05, 4.69) is 51.9 Å². The summed E-state index contributed by atoms with van der Waals surface area (Å²) in [6.07, 6.45) is 5.66. The Labute approximate surface area is 124 Å². The highest BCUT2D eigenvalue weighted by molar-refractivity contribution is 7.09. The number of likely N-dealkylation sites (N-methyl/N-ethyl adjacent to an activating group) is 1. The summed E-state index contributed by atoms with van der Waals surface area (Å²) in [4.78, 5) is 8.20. The van der Waals surface area contributed by atoms with Crippen LogP contribution in [-0.4, -0.2) is 24.6 Å². The number of aromatic nitrogens is 1. The molecule has 0 unspecified atom stereocenters. The van der Waals surface area contributed by atoms with Gasteiger partial charge in [0, 0.05) is 42.9 Å². The molecule has 2 aromatic rings. The minimum absolute atomic E-state index is 0.733. The monoisotopic (exact) mass is 287 g/mol. The number of nitrogens with zero attached hydrogens (tertiary/aromatic N) is 2. The molecule has 0 radical (unpaired) electrons. The number of hydrogen-bond acceptors (Lipinski definition) is 4. The van der Waals surface area contributed by atoms with Crippen molar-refractivity contribution in [2.45, 2.75) is 31.8 Å². The largest absolute Gasteiger partial charge is 0.374 e. The first-order valence-corrected chi connectivity index (χ1v) is 8.11. The van der Waals surface area contributed by atoms with E-state index in [1.165, 1.54) is 23.4 Å². The topological polar surface area (TPSA) is 28.2 Å². The van der Waals surface area contributed by atoms with E-state index in [0.29, 0.717) is 0 Å². The van der Waals surface area contributed by atoms with Crippen LogP contribution in [0.15, 0.2) is 35.8 Å². The predicted octanol–water partition coefficient (Wildman–Crippen LogP) is 3.07. The van der Waals surface area contributed by atoms with Gasteiger partial charge in [0.25, 0.3) is 0 Å². The lowest BCUT2D eigenvalue weighted by atomic mass is 10.2. The van der Waals surface area contributed by atoms with Crippen LogP contribution in [0.3, 0.4) is 0 Å². The molecule has 3 rings (SSSR count). The minimum Gasteiger partial charge on any atom is -0.374 e. The quantitative estimate of drug-likeness (QED) is 0.848. The third-order valence-corrected chi connectivity index (χ3v) is 4.60. The maximum Gasteiger partial charge on any atom is 0.0562 e. The van der Waals surface area contributed by atoms with Gasteiger partial charge in [0.15, 0.2) is 0 Å². The van der Waals surface area contributed by atoms with Gasteiger partial charge in [0.2, 0.25) is 0 Å². The molecule has 106 valence electrons. The van der Waals surface area contributed by atoms with Crippen LogP contribution in [-0.2, 0) is 13.0 Å². The number of hydrogen-bond donors (Lipinski definition) is 1. The van der Waals surface area contributed by atoms with Crippen molar-refractivity contribution in [2.24, 2.45) is 0 Å². The zero-order valence-corrected chi connectivity index (χ0v) is 12.7. The molecule has 1 aliphatic carbocycles.